The van der Waals surface area contributed by atoms with Crippen LogP contribution in [0.1, 0.15) is 5.56 Å². The summed E-state index contributed by atoms with van der Waals surface area (Å²) in [5.41, 5.74) is 0.949. The van der Waals surface area contributed by atoms with Gasteiger partial charge in [-0.05, 0) is 41.6 Å². The molecule has 6 nitrogen and oxygen atoms in total. The molecule has 27 heavy (non-hydrogen) atoms. The van der Waals surface area contributed by atoms with Gasteiger partial charge in [-0.2, -0.15) is 13.2 Å². The van der Waals surface area contributed by atoms with Gasteiger partial charge in [-0.25, -0.2) is 4.79 Å². The summed E-state index contributed by atoms with van der Waals surface area (Å²) in [7, 11) is 3.27. The molecule has 2 N–H and O–H groups in total. The number of amides is 3. The molecule has 0 aromatic heterocycles. The van der Waals surface area contributed by atoms with Crippen LogP contribution in [0.25, 0.3) is 10.8 Å². The van der Waals surface area contributed by atoms with Crippen LogP contribution in [-0.2, 0) is 11.3 Å². The van der Waals surface area contributed by atoms with Crippen LogP contribution in [0.4, 0.5) is 18.0 Å². The predicted octanol–water partition coefficient (Wildman–Crippen LogP) is 2.67. The number of nitrogens with one attached hydrogen (secondary N) is 2. The van der Waals surface area contributed by atoms with E-state index in [-0.39, 0.29) is 6.54 Å². The highest BCUT2D eigenvalue weighted by atomic mass is 19.4. The van der Waals surface area contributed by atoms with E-state index in [0.29, 0.717) is 6.54 Å². The van der Waals surface area contributed by atoms with Crippen LogP contribution in [0.3, 0.4) is 0 Å². The molecule has 0 fully saturated rings. The van der Waals surface area contributed by atoms with Gasteiger partial charge < -0.3 is 10.1 Å². The third-order valence-corrected chi connectivity index (χ3v) is 3.68. The summed E-state index contributed by atoms with van der Waals surface area (Å²) in [5, 5.41) is 5.47. The number of methoxy groups -OCH3 is 1. The molecule has 0 bridgehead atoms. The van der Waals surface area contributed by atoms with Gasteiger partial charge in [0.1, 0.15) is 12.3 Å². The van der Waals surface area contributed by atoms with E-state index in [0.717, 1.165) is 22.1 Å². The van der Waals surface area contributed by atoms with Crippen molar-refractivity contribution in [3.05, 3.63) is 42.0 Å². The zero-order valence-electron chi connectivity index (χ0n) is 14.9. The van der Waals surface area contributed by atoms with Gasteiger partial charge in [-0.15, -0.1) is 0 Å². The van der Waals surface area contributed by atoms with Crippen LogP contribution in [-0.4, -0.2) is 50.3 Å². The molecule has 0 atom stereocenters. The van der Waals surface area contributed by atoms with Crippen LogP contribution >= 0.6 is 0 Å². The zero-order valence-corrected chi connectivity index (χ0v) is 14.9. The maximum atomic E-state index is 12.0. The van der Waals surface area contributed by atoms with Crippen molar-refractivity contribution in [3.63, 3.8) is 0 Å². The van der Waals surface area contributed by atoms with Gasteiger partial charge >= 0.3 is 12.2 Å². The van der Waals surface area contributed by atoms with Crippen molar-refractivity contribution in [1.29, 1.82) is 0 Å². The first-order chi connectivity index (χ1) is 12.7. The highest BCUT2D eigenvalue weighted by Crippen LogP contribution is 2.22. The second kappa shape index (κ2) is 8.72. The van der Waals surface area contributed by atoms with Crippen molar-refractivity contribution < 1.29 is 27.5 Å². The molecule has 0 heterocycles. The quantitative estimate of drug-likeness (QED) is 0.805. The Labute approximate surface area is 154 Å². The first-order valence-corrected chi connectivity index (χ1v) is 8.06. The molecule has 0 unspecified atom stereocenters. The molecule has 0 spiro atoms. The van der Waals surface area contributed by atoms with E-state index in [9.17, 15) is 22.8 Å². The van der Waals surface area contributed by atoms with E-state index >= 15 is 0 Å². The van der Waals surface area contributed by atoms with Crippen molar-refractivity contribution in [3.8, 4) is 5.75 Å². The van der Waals surface area contributed by atoms with Gasteiger partial charge in [0.25, 0.3) is 0 Å². The number of halogens is 3. The van der Waals surface area contributed by atoms with Gasteiger partial charge in [0.05, 0.1) is 13.7 Å². The number of fused-ring (bicyclic) bond motifs is 1. The maximum absolute atomic E-state index is 12.0. The van der Waals surface area contributed by atoms with Crippen LogP contribution in [0.5, 0.6) is 5.75 Å². The number of likely N-dealkylation sites (N-methyl/N-ethyl adjacent to an activating group) is 1. The lowest BCUT2D eigenvalue weighted by Gasteiger charge is -2.17. The summed E-state index contributed by atoms with van der Waals surface area (Å²) in [6, 6.07) is 10.3. The Morgan fingerprint density at radius 2 is 1.78 bits per heavy atom. The molecule has 0 saturated carbocycles. The summed E-state index contributed by atoms with van der Waals surface area (Å²) in [6.07, 6.45) is -4.53. The van der Waals surface area contributed by atoms with E-state index in [1.165, 1.54) is 0 Å². The molecule has 2 aromatic rings. The van der Waals surface area contributed by atoms with E-state index in [4.69, 9.17) is 4.74 Å². The first kappa shape index (κ1) is 20.5. The highest BCUT2D eigenvalue weighted by Gasteiger charge is 2.28. The summed E-state index contributed by atoms with van der Waals surface area (Å²) < 4.78 is 41.2. The summed E-state index contributed by atoms with van der Waals surface area (Å²) in [5.74, 6) is 0.0653. The molecule has 0 radical (unpaired) electrons. The van der Waals surface area contributed by atoms with Crippen LogP contribution < -0.4 is 15.4 Å². The van der Waals surface area contributed by atoms with E-state index < -0.39 is 24.7 Å². The molecule has 3 amide bonds. The molecular weight excluding hydrogens is 363 g/mol. The minimum atomic E-state index is -4.53. The number of hydrogen-bond acceptors (Lipinski definition) is 4. The van der Waals surface area contributed by atoms with Gasteiger partial charge in [-0.1, -0.05) is 18.2 Å². The molecular formula is C18H20F3N3O3. The lowest BCUT2D eigenvalue weighted by Crippen LogP contribution is -2.46. The Hall–Kier alpha value is -2.81. The topological polar surface area (TPSA) is 70.7 Å². The minimum absolute atomic E-state index is 0.139. The minimum Gasteiger partial charge on any atom is -0.497 e. The van der Waals surface area contributed by atoms with Crippen LogP contribution in [0.15, 0.2) is 36.4 Å². The number of rotatable bonds is 6. The molecule has 0 aliphatic carbocycles. The fraction of sp³-hybridized carbons (Fsp3) is 0.333. The Morgan fingerprint density at radius 1 is 1.11 bits per heavy atom. The number of nitrogens with zero attached hydrogens (tertiary/aromatic N) is 1. The summed E-state index contributed by atoms with van der Waals surface area (Å²) >= 11 is 0. The summed E-state index contributed by atoms with van der Waals surface area (Å²) in [4.78, 5) is 24.7. The van der Waals surface area contributed by atoms with Gasteiger partial charge in [0.2, 0.25) is 5.91 Å². The fourth-order valence-corrected chi connectivity index (χ4v) is 2.50. The van der Waals surface area contributed by atoms with E-state index in [2.05, 4.69) is 0 Å². The molecule has 0 aliphatic rings. The van der Waals surface area contributed by atoms with Crippen molar-refractivity contribution in [2.45, 2.75) is 12.7 Å². The fourth-order valence-electron chi connectivity index (χ4n) is 2.50. The first-order valence-electron chi connectivity index (χ1n) is 8.06. The number of carbonyl (C=O) groups is 2. The smallest absolute Gasteiger partial charge is 0.405 e. The lowest BCUT2D eigenvalue weighted by atomic mass is 10.1. The van der Waals surface area contributed by atoms with Crippen molar-refractivity contribution in [2.75, 3.05) is 27.2 Å². The van der Waals surface area contributed by atoms with Crippen molar-refractivity contribution in [2.24, 2.45) is 0 Å². The average Bonchev–Trinajstić information content (AvgIpc) is 2.58. The Kier molecular flexibility index (Phi) is 6.62. The number of imide groups is 1. The average molecular weight is 383 g/mol. The second-order valence-corrected chi connectivity index (χ2v) is 6.07. The predicted molar refractivity (Wildman–Crippen MR) is 94.4 cm³/mol. The van der Waals surface area contributed by atoms with Gasteiger partial charge in [0, 0.05) is 6.54 Å². The third kappa shape index (κ3) is 6.78. The Bertz CT molecular complexity index is 824. The lowest BCUT2D eigenvalue weighted by molar-refractivity contribution is -0.125. The molecule has 9 heteroatoms. The molecule has 146 valence electrons. The normalized spacial score (nSPS) is 11.5. The number of carbonyl (C=O) groups excluding carboxylic acids is 2. The van der Waals surface area contributed by atoms with Crippen LogP contribution in [0.2, 0.25) is 0 Å². The molecule has 0 saturated heterocycles. The number of benzene rings is 2. The number of alkyl halides is 3. The van der Waals surface area contributed by atoms with Crippen molar-refractivity contribution in [1.82, 2.24) is 15.5 Å². The van der Waals surface area contributed by atoms with Gasteiger partial charge in [-0.3, -0.25) is 15.0 Å². The summed E-state index contributed by atoms with van der Waals surface area (Å²) in [6.45, 7) is -1.20. The maximum Gasteiger partial charge on any atom is 0.405 e. The standard InChI is InChI=1S/C18H20F3N3O3/c1-24(10-16(25)23-17(26)22-11-18(19,20)21)9-12-3-4-14-8-15(27-2)6-5-13(14)7-12/h3-8H,9-11H2,1-2H3,(H2,22,23,25,26). The Morgan fingerprint density at radius 3 is 2.44 bits per heavy atom. The number of urea groups is 1. The monoisotopic (exact) mass is 383 g/mol. The molecule has 2 aromatic carbocycles. The number of hydrogen-bond donors (Lipinski definition) is 2. The second-order valence-electron chi connectivity index (χ2n) is 6.07. The highest BCUT2D eigenvalue weighted by molar-refractivity contribution is 5.95. The van der Waals surface area contributed by atoms with Crippen LogP contribution in [0, 0.1) is 0 Å². The molecule has 0 aliphatic heterocycles. The van der Waals surface area contributed by atoms with Crippen molar-refractivity contribution >= 4 is 22.7 Å². The Balaban J connectivity index is 1.87. The molecule has 2 rings (SSSR count). The SMILES string of the molecule is COc1ccc2cc(CN(C)CC(=O)NC(=O)NCC(F)(F)F)ccc2c1. The van der Waals surface area contributed by atoms with E-state index in [1.807, 2.05) is 41.7 Å². The number of ether oxygens (including phenoxy) is 1. The largest absolute Gasteiger partial charge is 0.497 e. The van der Waals surface area contributed by atoms with Gasteiger partial charge in [0.15, 0.2) is 0 Å². The third-order valence-electron chi connectivity index (χ3n) is 3.68. The van der Waals surface area contributed by atoms with E-state index in [1.54, 1.807) is 24.4 Å². The zero-order chi connectivity index (χ0) is 20.0.